The molecule has 0 atom stereocenters. The zero-order valence-electron chi connectivity index (χ0n) is 8.33. The van der Waals surface area contributed by atoms with E-state index in [1.54, 1.807) is 0 Å². The number of unbranched alkanes of at least 4 members (excludes halogenated alkanes) is 1. The molecule has 0 aliphatic carbocycles. The van der Waals surface area contributed by atoms with Crippen LogP contribution in [0, 0.1) is 0 Å². The third kappa shape index (κ3) is 7.74. The first-order chi connectivity index (χ1) is 6.20. The summed E-state index contributed by atoms with van der Waals surface area (Å²) in [6.07, 6.45) is 2.96. The van der Waals surface area contributed by atoms with Crippen molar-refractivity contribution in [3.05, 3.63) is 0 Å². The Balaban J connectivity index is 3.59. The highest BCUT2D eigenvalue weighted by molar-refractivity contribution is 5.69. The number of rotatable bonds is 8. The third-order valence-electron chi connectivity index (χ3n) is 1.83. The second kappa shape index (κ2) is 8.01. The number of hydrogen-bond donors (Lipinski definition) is 2. The van der Waals surface area contributed by atoms with Crippen LogP contribution in [0.4, 0.5) is 0 Å². The Labute approximate surface area is 79.7 Å². The topological polar surface area (TPSA) is 66.6 Å². The standard InChI is InChI=1S/C9H20N2O2/c1-2-6-11(8-9(12)13)7-4-3-5-10/h2-8,10H2,1H3,(H,12,13). The van der Waals surface area contributed by atoms with Gasteiger partial charge < -0.3 is 10.8 Å². The summed E-state index contributed by atoms with van der Waals surface area (Å²) in [5, 5.41) is 8.60. The number of carboxylic acid groups (broad SMARTS) is 1. The molecule has 0 unspecified atom stereocenters. The van der Waals surface area contributed by atoms with Gasteiger partial charge in [0.2, 0.25) is 0 Å². The van der Waals surface area contributed by atoms with E-state index in [4.69, 9.17) is 10.8 Å². The smallest absolute Gasteiger partial charge is 0.317 e. The summed E-state index contributed by atoms with van der Waals surface area (Å²) in [6.45, 7) is 4.59. The molecule has 0 saturated heterocycles. The fourth-order valence-electron chi connectivity index (χ4n) is 1.26. The van der Waals surface area contributed by atoms with Crippen molar-refractivity contribution in [3.8, 4) is 0 Å². The molecule has 0 aliphatic heterocycles. The zero-order valence-corrected chi connectivity index (χ0v) is 8.33. The van der Waals surface area contributed by atoms with Crippen LogP contribution in [0.1, 0.15) is 26.2 Å². The third-order valence-corrected chi connectivity index (χ3v) is 1.83. The molecule has 78 valence electrons. The number of aliphatic carboxylic acids is 1. The molecule has 0 spiro atoms. The van der Waals surface area contributed by atoms with E-state index in [0.717, 1.165) is 32.4 Å². The van der Waals surface area contributed by atoms with Crippen molar-refractivity contribution in [1.29, 1.82) is 0 Å². The molecular weight excluding hydrogens is 168 g/mol. The van der Waals surface area contributed by atoms with Crippen LogP contribution in [0.3, 0.4) is 0 Å². The van der Waals surface area contributed by atoms with Gasteiger partial charge in [-0.1, -0.05) is 6.92 Å². The molecule has 0 aromatic heterocycles. The Morgan fingerprint density at radius 2 is 2.08 bits per heavy atom. The largest absolute Gasteiger partial charge is 0.480 e. The highest BCUT2D eigenvalue weighted by Crippen LogP contribution is 1.96. The minimum atomic E-state index is -0.749. The minimum Gasteiger partial charge on any atom is -0.480 e. The first-order valence-electron chi connectivity index (χ1n) is 4.85. The second-order valence-corrected chi connectivity index (χ2v) is 3.17. The van der Waals surface area contributed by atoms with E-state index < -0.39 is 5.97 Å². The maximum atomic E-state index is 10.5. The van der Waals surface area contributed by atoms with Crippen molar-refractivity contribution < 1.29 is 9.90 Å². The predicted molar refractivity (Wildman–Crippen MR) is 52.7 cm³/mol. The number of hydrogen-bond acceptors (Lipinski definition) is 3. The fourth-order valence-corrected chi connectivity index (χ4v) is 1.26. The van der Waals surface area contributed by atoms with Gasteiger partial charge >= 0.3 is 5.97 Å². The summed E-state index contributed by atoms with van der Waals surface area (Å²) >= 11 is 0. The molecule has 0 heterocycles. The van der Waals surface area contributed by atoms with E-state index in [-0.39, 0.29) is 6.54 Å². The van der Waals surface area contributed by atoms with Crippen molar-refractivity contribution in [2.75, 3.05) is 26.2 Å². The predicted octanol–water partition coefficient (Wildman–Crippen LogP) is 0.522. The van der Waals surface area contributed by atoms with E-state index >= 15 is 0 Å². The van der Waals surface area contributed by atoms with Gasteiger partial charge in [-0.15, -0.1) is 0 Å². The quantitative estimate of drug-likeness (QED) is 0.545. The maximum Gasteiger partial charge on any atom is 0.317 e. The fraction of sp³-hybridized carbons (Fsp3) is 0.889. The highest BCUT2D eigenvalue weighted by Gasteiger charge is 2.07. The number of carbonyl (C=O) groups is 1. The molecule has 3 N–H and O–H groups in total. The molecule has 4 nitrogen and oxygen atoms in total. The molecule has 0 bridgehead atoms. The lowest BCUT2D eigenvalue weighted by Gasteiger charge is -2.18. The van der Waals surface area contributed by atoms with Gasteiger partial charge in [0.25, 0.3) is 0 Å². The molecule has 13 heavy (non-hydrogen) atoms. The molecule has 0 rings (SSSR count). The second-order valence-electron chi connectivity index (χ2n) is 3.17. The number of nitrogens with zero attached hydrogens (tertiary/aromatic N) is 1. The van der Waals surface area contributed by atoms with Gasteiger partial charge in [-0.05, 0) is 38.9 Å². The minimum absolute atomic E-state index is 0.151. The average molecular weight is 188 g/mol. The average Bonchev–Trinajstić information content (AvgIpc) is 2.04. The number of carboxylic acids is 1. The van der Waals surface area contributed by atoms with Crippen LogP contribution >= 0.6 is 0 Å². The van der Waals surface area contributed by atoms with Gasteiger partial charge in [-0.25, -0.2) is 0 Å². The van der Waals surface area contributed by atoms with Gasteiger partial charge in [-0.3, -0.25) is 9.69 Å². The van der Waals surface area contributed by atoms with Gasteiger partial charge in [0.05, 0.1) is 6.54 Å². The van der Waals surface area contributed by atoms with Crippen LogP contribution in [0.2, 0.25) is 0 Å². The van der Waals surface area contributed by atoms with Crippen LogP contribution in [0.5, 0.6) is 0 Å². The molecule has 0 aromatic carbocycles. The van der Waals surface area contributed by atoms with E-state index in [1.165, 1.54) is 0 Å². The van der Waals surface area contributed by atoms with Crippen LogP contribution < -0.4 is 5.73 Å². The van der Waals surface area contributed by atoms with E-state index in [0.29, 0.717) is 6.54 Å². The number of nitrogens with two attached hydrogens (primary N) is 1. The zero-order chi connectivity index (χ0) is 10.1. The molecule has 0 saturated carbocycles. The highest BCUT2D eigenvalue weighted by atomic mass is 16.4. The van der Waals surface area contributed by atoms with Gasteiger partial charge in [0, 0.05) is 0 Å². The Morgan fingerprint density at radius 1 is 1.38 bits per heavy atom. The van der Waals surface area contributed by atoms with E-state index in [2.05, 4.69) is 6.92 Å². The van der Waals surface area contributed by atoms with E-state index in [1.807, 2.05) is 4.90 Å². The van der Waals surface area contributed by atoms with Gasteiger partial charge in [0.1, 0.15) is 0 Å². The molecule has 0 radical (unpaired) electrons. The lowest BCUT2D eigenvalue weighted by molar-refractivity contribution is -0.138. The monoisotopic (exact) mass is 188 g/mol. The van der Waals surface area contributed by atoms with Crippen molar-refractivity contribution >= 4 is 5.97 Å². The maximum absolute atomic E-state index is 10.5. The molecule has 0 fully saturated rings. The van der Waals surface area contributed by atoms with E-state index in [9.17, 15) is 4.79 Å². The molecule has 4 heteroatoms. The Bertz CT molecular complexity index is 140. The van der Waals surface area contributed by atoms with Crippen molar-refractivity contribution in [3.63, 3.8) is 0 Å². The summed E-state index contributed by atoms with van der Waals surface area (Å²) in [5.74, 6) is -0.749. The lowest BCUT2D eigenvalue weighted by atomic mass is 10.3. The normalized spacial score (nSPS) is 10.7. The first-order valence-corrected chi connectivity index (χ1v) is 4.85. The van der Waals surface area contributed by atoms with Crippen molar-refractivity contribution in [2.45, 2.75) is 26.2 Å². The summed E-state index contributed by atoms with van der Waals surface area (Å²) in [6, 6.07) is 0. The summed E-state index contributed by atoms with van der Waals surface area (Å²) < 4.78 is 0. The summed E-state index contributed by atoms with van der Waals surface area (Å²) in [5.41, 5.74) is 5.36. The summed E-state index contributed by atoms with van der Waals surface area (Å²) in [7, 11) is 0. The molecular formula is C9H20N2O2. The molecule has 0 amide bonds. The Hall–Kier alpha value is -0.610. The van der Waals surface area contributed by atoms with Gasteiger partial charge in [0.15, 0.2) is 0 Å². The SMILES string of the molecule is CCCN(CCCCN)CC(=O)O. The van der Waals surface area contributed by atoms with Crippen LogP contribution in [0.25, 0.3) is 0 Å². The lowest BCUT2D eigenvalue weighted by Crippen LogP contribution is -2.31. The molecule has 0 aromatic rings. The van der Waals surface area contributed by atoms with Crippen molar-refractivity contribution in [1.82, 2.24) is 4.90 Å². The van der Waals surface area contributed by atoms with Crippen LogP contribution in [0.15, 0.2) is 0 Å². The Morgan fingerprint density at radius 3 is 2.54 bits per heavy atom. The Kier molecular flexibility index (Phi) is 7.63. The van der Waals surface area contributed by atoms with Crippen molar-refractivity contribution in [2.24, 2.45) is 5.73 Å². The summed E-state index contributed by atoms with van der Waals surface area (Å²) in [4.78, 5) is 12.4. The van der Waals surface area contributed by atoms with Crippen LogP contribution in [-0.4, -0.2) is 42.2 Å². The first kappa shape index (κ1) is 12.4. The van der Waals surface area contributed by atoms with Gasteiger partial charge in [-0.2, -0.15) is 0 Å². The van der Waals surface area contributed by atoms with Crippen LogP contribution in [-0.2, 0) is 4.79 Å². The molecule has 0 aliphatic rings.